The third-order valence-electron chi connectivity index (χ3n) is 6.50. The maximum Gasteiger partial charge on any atom is 0.407 e. The Balaban J connectivity index is 1.38. The molecule has 1 unspecified atom stereocenters. The van der Waals surface area contributed by atoms with E-state index in [1.54, 1.807) is 0 Å². The van der Waals surface area contributed by atoms with Crippen molar-refractivity contribution in [2.24, 2.45) is 11.8 Å². The van der Waals surface area contributed by atoms with Gasteiger partial charge in [-0.2, -0.15) is 0 Å². The van der Waals surface area contributed by atoms with E-state index in [0.29, 0.717) is 6.54 Å². The molecule has 1 atom stereocenters. The van der Waals surface area contributed by atoms with Gasteiger partial charge in [0.25, 0.3) is 0 Å². The van der Waals surface area contributed by atoms with Crippen molar-refractivity contribution in [3.05, 3.63) is 59.7 Å². The smallest absolute Gasteiger partial charge is 0.407 e. The zero-order chi connectivity index (χ0) is 24.2. The molecule has 0 radical (unpaired) electrons. The molecule has 2 aromatic rings. The Bertz CT molecular complexity index is 1020. The van der Waals surface area contributed by atoms with E-state index in [4.69, 9.17) is 4.74 Å². The zero-order valence-electron chi connectivity index (χ0n) is 19.7. The molecular weight excluding hydrogens is 432 g/mol. The van der Waals surface area contributed by atoms with Gasteiger partial charge in [-0.3, -0.25) is 9.59 Å². The number of ether oxygens (including phenoxy) is 1. The molecule has 4 rings (SSSR count). The van der Waals surface area contributed by atoms with Crippen LogP contribution in [0.25, 0.3) is 11.1 Å². The van der Waals surface area contributed by atoms with Gasteiger partial charge in [-0.15, -0.1) is 0 Å². The first-order valence-corrected chi connectivity index (χ1v) is 11.9. The van der Waals surface area contributed by atoms with Gasteiger partial charge in [0.2, 0.25) is 5.91 Å². The molecule has 0 saturated heterocycles. The predicted molar refractivity (Wildman–Crippen MR) is 128 cm³/mol. The number of rotatable bonds is 10. The van der Waals surface area contributed by atoms with E-state index in [9.17, 15) is 19.5 Å². The molecule has 7 nitrogen and oxygen atoms in total. The lowest BCUT2D eigenvalue weighted by atomic mass is 9.98. The second-order valence-electron chi connectivity index (χ2n) is 9.68. The van der Waals surface area contributed by atoms with Crippen LogP contribution in [0.5, 0.6) is 0 Å². The van der Waals surface area contributed by atoms with Gasteiger partial charge in [0, 0.05) is 24.9 Å². The largest absolute Gasteiger partial charge is 0.480 e. The molecular formula is C27H32N2O5. The second-order valence-corrected chi connectivity index (χ2v) is 9.68. The summed E-state index contributed by atoms with van der Waals surface area (Å²) in [5, 5.41) is 12.1. The van der Waals surface area contributed by atoms with E-state index in [0.717, 1.165) is 35.1 Å². The van der Waals surface area contributed by atoms with Gasteiger partial charge < -0.3 is 20.1 Å². The Labute approximate surface area is 200 Å². The highest BCUT2D eigenvalue weighted by atomic mass is 16.5. The number of alkyl carbamates (subject to hydrolysis) is 1. The summed E-state index contributed by atoms with van der Waals surface area (Å²) in [6, 6.07) is 16.0. The van der Waals surface area contributed by atoms with Crippen molar-refractivity contribution in [3.8, 4) is 11.1 Å². The van der Waals surface area contributed by atoms with E-state index >= 15 is 0 Å². The van der Waals surface area contributed by atoms with Crippen LogP contribution in [0, 0.1) is 11.8 Å². The molecule has 1 saturated carbocycles. The molecule has 0 aliphatic heterocycles. The summed E-state index contributed by atoms with van der Waals surface area (Å²) in [6.45, 7) is 4.13. The van der Waals surface area contributed by atoms with Crippen LogP contribution in [0.4, 0.5) is 4.79 Å². The number of carbonyl (C=O) groups excluding carboxylic acids is 2. The Morgan fingerprint density at radius 2 is 1.62 bits per heavy atom. The maximum atomic E-state index is 12.9. The number of aliphatic carboxylic acids is 1. The quantitative estimate of drug-likeness (QED) is 0.548. The lowest BCUT2D eigenvalue weighted by Crippen LogP contribution is -2.44. The normalized spacial score (nSPS) is 15.4. The third-order valence-corrected chi connectivity index (χ3v) is 6.50. The van der Waals surface area contributed by atoms with Gasteiger partial charge >= 0.3 is 12.1 Å². The lowest BCUT2D eigenvalue weighted by Gasteiger charge is -2.26. The lowest BCUT2D eigenvalue weighted by molar-refractivity contribution is -0.145. The minimum absolute atomic E-state index is 0.0312. The number of nitrogens with one attached hydrogen (secondary N) is 1. The summed E-state index contributed by atoms with van der Waals surface area (Å²) in [6.07, 6.45) is 1.41. The summed E-state index contributed by atoms with van der Waals surface area (Å²) in [5.41, 5.74) is 4.61. The number of carbonyl (C=O) groups is 3. The van der Waals surface area contributed by atoms with Crippen LogP contribution in [-0.4, -0.2) is 53.7 Å². The zero-order valence-corrected chi connectivity index (χ0v) is 19.7. The molecule has 0 spiro atoms. The van der Waals surface area contributed by atoms with Crippen molar-refractivity contribution in [3.63, 3.8) is 0 Å². The molecule has 34 heavy (non-hydrogen) atoms. The van der Waals surface area contributed by atoms with Crippen molar-refractivity contribution >= 4 is 18.0 Å². The minimum atomic E-state index is -1.04. The van der Waals surface area contributed by atoms with Gasteiger partial charge in [0.15, 0.2) is 0 Å². The maximum absolute atomic E-state index is 12.9. The summed E-state index contributed by atoms with van der Waals surface area (Å²) >= 11 is 0. The molecule has 0 heterocycles. The first-order valence-electron chi connectivity index (χ1n) is 11.9. The topological polar surface area (TPSA) is 95.9 Å². The van der Waals surface area contributed by atoms with Gasteiger partial charge in [-0.1, -0.05) is 62.4 Å². The summed E-state index contributed by atoms with van der Waals surface area (Å²) in [4.78, 5) is 38.1. The Kier molecular flexibility index (Phi) is 7.20. The van der Waals surface area contributed by atoms with Crippen LogP contribution in [0.2, 0.25) is 0 Å². The molecule has 7 heteroatoms. The van der Waals surface area contributed by atoms with Crippen LogP contribution in [0.15, 0.2) is 48.5 Å². The highest BCUT2D eigenvalue weighted by Crippen LogP contribution is 2.44. The van der Waals surface area contributed by atoms with E-state index in [-0.39, 0.29) is 49.3 Å². The Morgan fingerprint density at radius 1 is 1.03 bits per heavy atom. The fourth-order valence-corrected chi connectivity index (χ4v) is 4.80. The average molecular weight is 465 g/mol. The number of carboxylic acids is 1. The first kappa shape index (κ1) is 23.8. The Morgan fingerprint density at radius 3 is 2.15 bits per heavy atom. The predicted octanol–water partition coefficient (Wildman–Crippen LogP) is 4.26. The standard InChI is InChI=1S/C27H32N2O5/c1-17(2)14-29(15-26(31)32)25(30)13-24(18-11-12-18)28-27(33)34-16-23-21-9-5-3-7-19(21)20-8-4-6-10-22(20)23/h3-10,17-18,23-24H,11-16H2,1-2H3,(H,28,33)(H,31,32). The highest BCUT2D eigenvalue weighted by molar-refractivity contribution is 5.82. The summed E-state index contributed by atoms with van der Waals surface area (Å²) in [7, 11) is 0. The molecule has 0 aromatic heterocycles. The number of carboxylic acid groups (broad SMARTS) is 1. The number of benzene rings is 2. The molecule has 180 valence electrons. The number of amides is 2. The van der Waals surface area contributed by atoms with Crippen LogP contribution < -0.4 is 5.32 Å². The van der Waals surface area contributed by atoms with Gasteiger partial charge in [-0.05, 0) is 46.9 Å². The fourth-order valence-electron chi connectivity index (χ4n) is 4.80. The molecule has 2 aliphatic rings. The molecule has 0 bridgehead atoms. The van der Waals surface area contributed by atoms with Crippen molar-refractivity contribution in [1.29, 1.82) is 0 Å². The van der Waals surface area contributed by atoms with E-state index in [1.165, 1.54) is 4.90 Å². The van der Waals surface area contributed by atoms with Gasteiger partial charge in [-0.25, -0.2) is 4.79 Å². The number of fused-ring (bicyclic) bond motifs is 3. The average Bonchev–Trinajstić information content (AvgIpc) is 3.59. The van der Waals surface area contributed by atoms with E-state index in [1.807, 2.05) is 38.1 Å². The summed E-state index contributed by atoms with van der Waals surface area (Å²) < 4.78 is 5.65. The fraction of sp³-hybridized carbons (Fsp3) is 0.444. The Hall–Kier alpha value is -3.35. The van der Waals surface area contributed by atoms with Crippen LogP contribution in [-0.2, 0) is 14.3 Å². The molecule has 2 aromatic carbocycles. The van der Waals surface area contributed by atoms with Crippen LogP contribution >= 0.6 is 0 Å². The molecule has 2 aliphatic carbocycles. The van der Waals surface area contributed by atoms with E-state index < -0.39 is 12.1 Å². The second kappa shape index (κ2) is 10.3. The van der Waals surface area contributed by atoms with Crippen molar-refractivity contribution in [2.45, 2.75) is 45.1 Å². The van der Waals surface area contributed by atoms with E-state index in [2.05, 4.69) is 29.6 Å². The monoisotopic (exact) mass is 464 g/mol. The summed E-state index contributed by atoms with van der Waals surface area (Å²) in [5.74, 6) is -0.961. The number of hydrogen-bond acceptors (Lipinski definition) is 4. The number of hydrogen-bond donors (Lipinski definition) is 2. The van der Waals surface area contributed by atoms with Crippen LogP contribution in [0.1, 0.15) is 50.2 Å². The molecule has 2 N–H and O–H groups in total. The van der Waals surface area contributed by atoms with Crippen molar-refractivity contribution < 1.29 is 24.2 Å². The third kappa shape index (κ3) is 5.58. The minimum Gasteiger partial charge on any atom is -0.480 e. The van der Waals surface area contributed by atoms with Crippen molar-refractivity contribution in [2.75, 3.05) is 19.7 Å². The number of nitrogens with zero attached hydrogens (tertiary/aromatic N) is 1. The van der Waals surface area contributed by atoms with Crippen LogP contribution in [0.3, 0.4) is 0 Å². The van der Waals surface area contributed by atoms with Gasteiger partial charge in [0.05, 0.1) is 0 Å². The SMILES string of the molecule is CC(C)CN(CC(=O)O)C(=O)CC(NC(=O)OCC1c2ccccc2-c2ccccc21)C1CC1. The molecule has 1 fully saturated rings. The van der Waals surface area contributed by atoms with Crippen molar-refractivity contribution in [1.82, 2.24) is 10.2 Å². The first-order chi connectivity index (χ1) is 16.3. The van der Waals surface area contributed by atoms with Gasteiger partial charge in [0.1, 0.15) is 13.2 Å². The highest BCUT2D eigenvalue weighted by Gasteiger charge is 2.36. The molecule has 2 amide bonds.